The van der Waals surface area contributed by atoms with Crippen molar-refractivity contribution in [3.8, 4) is 0 Å². The molecule has 0 bridgehead atoms. The van der Waals surface area contributed by atoms with E-state index in [9.17, 15) is 0 Å². The molecule has 2 saturated carbocycles. The molecule has 18 heavy (non-hydrogen) atoms. The Balaban J connectivity index is 1.62. The van der Waals surface area contributed by atoms with E-state index in [2.05, 4.69) is 24.1 Å². The first-order valence-corrected chi connectivity index (χ1v) is 8.25. The van der Waals surface area contributed by atoms with Crippen LogP contribution in [-0.4, -0.2) is 36.1 Å². The second-order valence-corrected chi connectivity index (χ2v) is 7.15. The number of hydrogen-bond donors (Lipinski definition) is 1. The summed E-state index contributed by atoms with van der Waals surface area (Å²) in [5.74, 6) is 1.76. The van der Waals surface area contributed by atoms with Crippen LogP contribution in [0.2, 0.25) is 0 Å². The molecule has 0 aromatic rings. The highest BCUT2D eigenvalue weighted by atomic mass is 15.3. The fraction of sp³-hybridized carbons (Fsp3) is 1.00. The zero-order chi connectivity index (χ0) is 12.5. The maximum Gasteiger partial charge on any atom is 0.0247 e. The number of piperazine rings is 1. The molecule has 0 spiro atoms. The average molecular weight is 250 g/mol. The number of rotatable bonds is 3. The molecule has 1 saturated heterocycles. The molecule has 2 unspecified atom stereocenters. The lowest BCUT2D eigenvalue weighted by atomic mass is 9.82. The van der Waals surface area contributed by atoms with Crippen LogP contribution in [0.15, 0.2) is 0 Å². The van der Waals surface area contributed by atoms with Crippen molar-refractivity contribution in [2.75, 3.05) is 13.1 Å². The SMILES string of the molecule is CC(C)C1CNC(C2CCCCC2)CN1C1CC1. The molecule has 2 nitrogen and oxygen atoms in total. The van der Waals surface area contributed by atoms with Gasteiger partial charge >= 0.3 is 0 Å². The van der Waals surface area contributed by atoms with Crippen molar-refractivity contribution in [2.24, 2.45) is 11.8 Å². The minimum atomic E-state index is 0.789. The first kappa shape index (κ1) is 12.9. The van der Waals surface area contributed by atoms with Crippen molar-refractivity contribution >= 4 is 0 Å². The van der Waals surface area contributed by atoms with Gasteiger partial charge in [0.05, 0.1) is 0 Å². The summed E-state index contributed by atoms with van der Waals surface area (Å²) in [6.07, 6.45) is 10.3. The van der Waals surface area contributed by atoms with Gasteiger partial charge in [0.1, 0.15) is 0 Å². The van der Waals surface area contributed by atoms with Crippen LogP contribution in [0.4, 0.5) is 0 Å². The first-order chi connectivity index (χ1) is 8.75. The van der Waals surface area contributed by atoms with E-state index in [0.29, 0.717) is 0 Å². The smallest absolute Gasteiger partial charge is 0.0247 e. The Hall–Kier alpha value is -0.0800. The van der Waals surface area contributed by atoms with Gasteiger partial charge in [-0.2, -0.15) is 0 Å². The molecule has 1 heterocycles. The molecule has 0 aromatic heterocycles. The lowest BCUT2D eigenvalue weighted by Gasteiger charge is -2.45. The average Bonchev–Trinajstić information content (AvgIpc) is 3.23. The molecule has 1 N–H and O–H groups in total. The second-order valence-electron chi connectivity index (χ2n) is 7.15. The fourth-order valence-electron chi connectivity index (χ4n) is 4.11. The number of nitrogens with zero attached hydrogens (tertiary/aromatic N) is 1. The predicted molar refractivity (Wildman–Crippen MR) is 76.7 cm³/mol. The summed E-state index contributed by atoms with van der Waals surface area (Å²) < 4.78 is 0. The Kier molecular flexibility index (Phi) is 3.95. The van der Waals surface area contributed by atoms with E-state index >= 15 is 0 Å². The molecule has 1 aliphatic heterocycles. The first-order valence-electron chi connectivity index (χ1n) is 8.25. The quantitative estimate of drug-likeness (QED) is 0.828. The Morgan fingerprint density at radius 2 is 1.72 bits per heavy atom. The van der Waals surface area contributed by atoms with Crippen LogP contribution in [0.25, 0.3) is 0 Å². The molecule has 3 fully saturated rings. The summed E-state index contributed by atoms with van der Waals surface area (Å²) in [5.41, 5.74) is 0. The highest BCUT2D eigenvalue weighted by Gasteiger charge is 2.40. The summed E-state index contributed by atoms with van der Waals surface area (Å²) in [7, 11) is 0. The topological polar surface area (TPSA) is 15.3 Å². The van der Waals surface area contributed by atoms with Crippen LogP contribution in [0, 0.1) is 11.8 Å². The summed E-state index contributed by atoms with van der Waals surface area (Å²) in [6, 6.07) is 2.52. The highest BCUT2D eigenvalue weighted by Crippen LogP contribution is 2.35. The van der Waals surface area contributed by atoms with Gasteiger partial charge in [-0.3, -0.25) is 4.90 Å². The van der Waals surface area contributed by atoms with Crippen molar-refractivity contribution in [2.45, 2.75) is 76.9 Å². The lowest BCUT2D eigenvalue weighted by molar-refractivity contribution is 0.0655. The third-order valence-corrected chi connectivity index (χ3v) is 5.43. The molecule has 2 heteroatoms. The Morgan fingerprint density at radius 1 is 1.00 bits per heavy atom. The van der Waals surface area contributed by atoms with Gasteiger partial charge in [-0.05, 0) is 37.5 Å². The Bertz CT molecular complexity index is 266. The number of nitrogens with one attached hydrogen (secondary N) is 1. The van der Waals surface area contributed by atoms with E-state index in [0.717, 1.165) is 30.0 Å². The summed E-state index contributed by atoms with van der Waals surface area (Å²) in [5, 5.41) is 3.89. The zero-order valence-corrected chi connectivity index (χ0v) is 12.2. The second kappa shape index (κ2) is 5.50. The lowest BCUT2D eigenvalue weighted by Crippen LogP contribution is -2.60. The molecule has 3 rings (SSSR count). The maximum atomic E-state index is 3.89. The van der Waals surface area contributed by atoms with Crippen LogP contribution in [0.3, 0.4) is 0 Å². The standard InChI is InChI=1S/C16H30N2/c1-12(2)16-10-17-15(11-18(16)14-8-9-14)13-6-4-3-5-7-13/h12-17H,3-11H2,1-2H3. The third kappa shape index (κ3) is 2.75. The van der Waals surface area contributed by atoms with E-state index < -0.39 is 0 Å². The normalized spacial score (nSPS) is 36.2. The zero-order valence-electron chi connectivity index (χ0n) is 12.2. The Morgan fingerprint density at radius 3 is 2.33 bits per heavy atom. The van der Waals surface area contributed by atoms with Crippen LogP contribution in [0.1, 0.15) is 58.8 Å². The van der Waals surface area contributed by atoms with Crippen molar-refractivity contribution in [1.29, 1.82) is 0 Å². The van der Waals surface area contributed by atoms with E-state index in [4.69, 9.17) is 0 Å². The highest BCUT2D eigenvalue weighted by molar-refractivity contribution is 4.98. The van der Waals surface area contributed by atoms with Crippen LogP contribution >= 0.6 is 0 Å². The monoisotopic (exact) mass is 250 g/mol. The largest absolute Gasteiger partial charge is 0.311 e. The van der Waals surface area contributed by atoms with Gasteiger partial charge in [-0.1, -0.05) is 33.1 Å². The summed E-state index contributed by atoms with van der Waals surface area (Å²) in [4.78, 5) is 2.86. The van der Waals surface area contributed by atoms with E-state index in [1.54, 1.807) is 0 Å². The number of hydrogen-bond acceptors (Lipinski definition) is 2. The van der Waals surface area contributed by atoms with Crippen LogP contribution in [0.5, 0.6) is 0 Å². The van der Waals surface area contributed by atoms with E-state index in [-0.39, 0.29) is 0 Å². The van der Waals surface area contributed by atoms with E-state index in [1.165, 1.54) is 58.0 Å². The van der Waals surface area contributed by atoms with Gasteiger partial charge < -0.3 is 5.32 Å². The van der Waals surface area contributed by atoms with Gasteiger partial charge in [0.25, 0.3) is 0 Å². The van der Waals surface area contributed by atoms with Gasteiger partial charge in [0, 0.05) is 31.2 Å². The molecular formula is C16H30N2. The summed E-state index contributed by atoms with van der Waals surface area (Å²) >= 11 is 0. The van der Waals surface area contributed by atoms with Gasteiger partial charge in [0.2, 0.25) is 0 Å². The van der Waals surface area contributed by atoms with Crippen molar-refractivity contribution in [3.63, 3.8) is 0 Å². The van der Waals surface area contributed by atoms with Crippen molar-refractivity contribution < 1.29 is 0 Å². The summed E-state index contributed by atoms with van der Waals surface area (Å²) in [6.45, 7) is 7.35. The molecule has 2 atom stereocenters. The van der Waals surface area contributed by atoms with Crippen LogP contribution in [-0.2, 0) is 0 Å². The van der Waals surface area contributed by atoms with Crippen molar-refractivity contribution in [1.82, 2.24) is 10.2 Å². The Labute approximate surface area is 113 Å². The molecule has 2 aliphatic carbocycles. The molecule has 0 radical (unpaired) electrons. The third-order valence-electron chi connectivity index (χ3n) is 5.43. The van der Waals surface area contributed by atoms with Crippen molar-refractivity contribution in [3.05, 3.63) is 0 Å². The molecule has 0 aromatic carbocycles. The molecule has 3 aliphatic rings. The fourth-order valence-corrected chi connectivity index (χ4v) is 4.11. The molecule has 104 valence electrons. The van der Waals surface area contributed by atoms with Gasteiger partial charge in [0.15, 0.2) is 0 Å². The predicted octanol–water partition coefficient (Wildman–Crippen LogP) is 3.03. The molecular weight excluding hydrogens is 220 g/mol. The van der Waals surface area contributed by atoms with E-state index in [1.807, 2.05) is 0 Å². The maximum absolute atomic E-state index is 3.89. The van der Waals surface area contributed by atoms with Crippen LogP contribution < -0.4 is 5.32 Å². The minimum Gasteiger partial charge on any atom is -0.311 e. The minimum absolute atomic E-state index is 0.789. The molecule has 0 amide bonds. The van der Waals surface area contributed by atoms with Gasteiger partial charge in [-0.15, -0.1) is 0 Å². The van der Waals surface area contributed by atoms with Gasteiger partial charge in [-0.25, -0.2) is 0 Å².